The average Bonchev–Trinajstić information content (AvgIpc) is 2.92. The Morgan fingerprint density at radius 1 is 0.476 bits per heavy atom. The summed E-state index contributed by atoms with van der Waals surface area (Å²) >= 11 is 0. The fourth-order valence-electron chi connectivity index (χ4n) is 4.25. The average molecular weight is 647 g/mol. The minimum atomic E-state index is -4.97. The van der Waals surface area contributed by atoms with Gasteiger partial charge in [0, 0.05) is 0 Å². The lowest BCUT2D eigenvalue weighted by molar-refractivity contribution is -0.162. The number of hydrogen-bond acceptors (Lipinski definition) is 10. The van der Waals surface area contributed by atoms with E-state index in [9.17, 15) is 36.6 Å². The molecule has 0 saturated heterocycles. The predicted molar refractivity (Wildman–Crippen MR) is 158 cm³/mol. The molecule has 0 aromatic carbocycles. The molecule has 0 aliphatic heterocycles. The number of hydrogen-bond donors (Lipinski definition) is 2. The Kier molecular flexibility index (Phi) is 24.3. The first-order valence-corrected chi connectivity index (χ1v) is 18.2. The third-order valence-electron chi connectivity index (χ3n) is 6.66. The van der Waals surface area contributed by atoms with Crippen LogP contribution in [0.5, 0.6) is 0 Å². The molecule has 0 saturated carbocycles. The molecule has 0 rings (SSSR count). The quantitative estimate of drug-likeness (QED) is 0.0805. The van der Waals surface area contributed by atoms with E-state index < -0.39 is 44.9 Å². The summed E-state index contributed by atoms with van der Waals surface area (Å²) in [5.41, 5.74) is 0. The molecule has 2 atom stereocenters. The highest BCUT2D eigenvalue weighted by atomic mass is 32.3. The topological polar surface area (TPSA) is 180 Å². The fraction of sp³-hybridized carbons (Fsp3) is 0.929. The monoisotopic (exact) mass is 646 g/mol. The Morgan fingerprint density at radius 2 is 0.714 bits per heavy atom. The maximum Gasteiger partial charge on any atom is 0.400 e. The van der Waals surface area contributed by atoms with Gasteiger partial charge in [0.05, 0.1) is 13.2 Å². The first kappa shape index (κ1) is 40.7. The van der Waals surface area contributed by atoms with Gasteiger partial charge in [-0.05, 0) is 12.8 Å². The van der Waals surface area contributed by atoms with Crippen molar-refractivity contribution in [3.05, 3.63) is 0 Å². The largest absolute Gasteiger partial charge is 0.479 e. The highest BCUT2D eigenvalue weighted by Crippen LogP contribution is 2.17. The summed E-state index contributed by atoms with van der Waals surface area (Å²) in [6.07, 6.45) is 14.6. The summed E-state index contributed by atoms with van der Waals surface area (Å²) in [5, 5.41) is 18.7. The summed E-state index contributed by atoms with van der Waals surface area (Å²) in [7, 11) is -9.94. The first-order chi connectivity index (χ1) is 20.0. The molecule has 0 radical (unpaired) electrons. The van der Waals surface area contributed by atoms with Crippen molar-refractivity contribution >= 4 is 32.7 Å². The molecule has 0 spiro atoms. The molecule has 0 bridgehead atoms. The van der Waals surface area contributed by atoms with Gasteiger partial charge in [-0.2, -0.15) is 16.8 Å². The maximum absolute atomic E-state index is 12.1. The van der Waals surface area contributed by atoms with Crippen LogP contribution in [0.4, 0.5) is 0 Å². The second-order valence-corrected chi connectivity index (χ2v) is 13.0. The van der Waals surface area contributed by atoms with Crippen molar-refractivity contribution in [3.63, 3.8) is 0 Å². The van der Waals surface area contributed by atoms with Crippen molar-refractivity contribution < 1.29 is 53.4 Å². The summed E-state index contributed by atoms with van der Waals surface area (Å²) in [6, 6.07) is 0. The molecule has 2 N–H and O–H groups in total. The van der Waals surface area contributed by atoms with Crippen LogP contribution in [0.25, 0.3) is 0 Å². The van der Waals surface area contributed by atoms with Crippen molar-refractivity contribution in [3.8, 4) is 0 Å². The van der Waals surface area contributed by atoms with E-state index in [4.69, 9.17) is 0 Å². The van der Waals surface area contributed by atoms with E-state index in [1.165, 1.54) is 51.4 Å². The van der Waals surface area contributed by atoms with Gasteiger partial charge in [-0.3, -0.25) is 0 Å². The van der Waals surface area contributed by atoms with Crippen LogP contribution in [0.15, 0.2) is 0 Å². The van der Waals surface area contributed by atoms with Crippen molar-refractivity contribution in [1.82, 2.24) is 0 Å². The molecule has 0 aromatic heterocycles. The Labute approximate surface area is 253 Å². The summed E-state index contributed by atoms with van der Waals surface area (Å²) in [5.74, 6) is -4.14. The first-order valence-electron chi connectivity index (χ1n) is 15.6. The van der Waals surface area contributed by atoms with E-state index in [0.717, 1.165) is 51.4 Å². The molecule has 0 fully saturated rings. The second-order valence-electron chi connectivity index (χ2n) is 10.5. The molecular formula is C28H54O12S2. The molecule has 0 aliphatic carbocycles. The zero-order chi connectivity index (χ0) is 31.7. The van der Waals surface area contributed by atoms with Crippen molar-refractivity contribution in [2.45, 2.75) is 154 Å². The predicted octanol–water partition coefficient (Wildman–Crippen LogP) is 6.29. The van der Waals surface area contributed by atoms with Gasteiger partial charge in [-0.15, -0.1) is 0 Å². The van der Waals surface area contributed by atoms with E-state index in [-0.39, 0.29) is 13.2 Å². The Hall–Kier alpha value is -1.32. The normalized spacial score (nSPS) is 13.7. The zero-order valence-electron chi connectivity index (χ0n) is 25.5. The third kappa shape index (κ3) is 23.2. The van der Waals surface area contributed by atoms with Crippen LogP contribution in [0.3, 0.4) is 0 Å². The van der Waals surface area contributed by atoms with Crippen LogP contribution in [-0.2, 0) is 47.1 Å². The molecule has 0 aliphatic rings. The highest BCUT2D eigenvalue weighted by molar-refractivity contribution is 7.82. The van der Waals surface area contributed by atoms with Crippen LogP contribution >= 0.6 is 0 Å². The molecule has 14 heteroatoms. The van der Waals surface area contributed by atoms with Gasteiger partial charge in [-0.1, -0.05) is 129 Å². The van der Waals surface area contributed by atoms with Crippen LogP contribution in [0, 0.1) is 0 Å². The van der Waals surface area contributed by atoms with Crippen LogP contribution in [0.2, 0.25) is 0 Å². The lowest BCUT2D eigenvalue weighted by Crippen LogP contribution is -2.46. The number of carboxylic acids is 2. The summed E-state index contributed by atoms with van der Waals surface area (Å²) < 4.78 is 66.7. The van der Waals surface area contributed by atoms with Gasteiger partial charge >= 0.3 is 32.7 Å². The summed E-state index contributed by atoms with van der Waals surface area (Å²) in [6.45, 7) is 3.72. The smallest absolute Gasteiger partial charge is 0.400 e. The number of carbonyl (C=O) groups is 2. The van der Waals surface area contributed by atoms with Gasteiger partial charge in [-0.25, -0.2) is 26.3 Å². The van der Waals surface area contributed by atoms with Crippen molar-refractivity contribution in [2.75, 3.05) is 13.2 Å². The van der Waals surface area contributed by atoms with Crippen LogP contribution in [0.1, 0.15) is 142 Å². The van der Waals surface area contributed by atoms with E-state index >= 15 is 0 Å². The number of carboxylic acid groups (broad SMARTS) is 2. The van der Waals surface area contributed by atoms with E-state index in [2.05, 4.69) is 30.6 Å². The van der Waals surface area contributed by atoms with Gasteiger partial charge in [0.25, 0.3) is 0 Å². The van der Waals surface area contributed by atoms with E-state index in [0.29, 0.717) is 25.7 Å². The van der Waals surface area contributed by atoms with Crippen LogP contribution in [-0.4, -0.2) is 64.4 Å². The van der Waals surface area contributed by atoms with Crippen molar-refractivity contribution in [2.24, 2.45) is 0 Å². The molecule has 0 amide bonds. The number of rotatable bonds is 31. The number of aliphatic carboxylic acids is 2. The van der Waals surface area contributed by atoms with E-state index in [1.807, 2.05) is 0 Å². The minimum absolute atomic E-state index is 0.302. The Balaban J connectivity index is 4.51. The Morgan fingerprint density at radius 3 is 0.952 bits per heavy atom. The zero-order valence-corrected chi connectivity index (χ0v) is 27.1. The SMILES string of the molecule is CCCCCCCCCCCCOS(=O)(=O)OC(C(=O)O)C(OS(=O)(=O)OCCCCCCCCCCCC)C(=O)O. The van der Waals surface area contributed by atoms with Gasteiger partial charge in [0.2, 0.25) is 12.2 Å². The third-order valence-corrected chi connectivity index (χ3v) is 8.45. The minimum Gasteiger partial charge on any atom is -0.479 e. The van der Waals surface area contributed by atoms with E-state index in [1.54, 1.807) is 0 Å². The van der Waals surface area contributed by atoms with Crippen molar-refractivity contribution in [1.29, 1.82) is 0 Å². The Bertz CT molecular complexity index is 832. The molecular weight excluding hydrogens is 592 g/mol. The molecule has 42 heavy (non-hydrogen) atoms. The molecule has 12 nitrogen and oxygen atoms in total. The molecule has 0 heterocycles. The maximum atomic E-state index is 12.1. The van der Waals surface area contributed by atoms with Crippen LogP contribution < -0.4 is 0 Å². The molecule has 0 aromatic rings. The second kappa shape index (κ2) is 25.1. The van der Waals surface area contributed by atoms with Gasteiger partial charge < -0.3 is 10.2 Å². The van der Waals surface area contributed by atoms with Gasteiger partial charge in [0.1, 0.15) is 0 Å². The lowest BCUT2D eigenvalue weighted by atomic mass is 10.1. The van der Waals surface area contributed by atoms with Gasteiger partial charge in [0.15, 0.2) is 0 Å². The fourth-order valence-corrected chi connectivity index (χ4v) is 5.88. The number of unbranched alkanes of at least 4 members (excludes halogenated alkanes) is 18. The highest BCUT2D eigenvalue weighted by Gasteiger charge is 2.43. The molecule has 250 valence electrons. The lowest BCUT2D eigenvalue weighted by Gasteiger charge is -2.19. The summed E-state index contributed by atoms with van der Waals surface area (Å²) in [4.78, 5) is 23.2. The molecule has 2 unspecified atom stereocenters. The standard InChI is InChI=1S/C28H54O12S2/c1-3-5-7-9-11-13-15-17-19-21-23-37-41(33,34)39-25(27(29)30)26(28(31)32)40-42(35,36)38-24-22-20-18-16-14-12-10-8-6-4-2/h25-26H,3-24H2,1-2H3,(H,29,30)(H,31,32).